The van der Waals surface area contributed by atoms with Crippen molar-refractivity contribution in [2.75, 3.05) is 31.4 Å². The summed E-state index contributed by atoms with van der Waals surface area (Å²) in [6.07, 6.45) is 6.29. The lowest BCUT2D eigenvalue weighted by atomic mass is 9.80. The highest BCUT2D eigenvalue weighted by Gasteiger charge is 2.43. The Kier molecular flexibility index (Phi) is 7.39. The summed E-state index contributed by atoms with van der Waals surface area (Å²) in [6, 6.07) is 7.13. The number of anilines is 1. The predicted octanol–water partition coefficient (Wildman–Crippen LogP) is 2.09. The van der Waals surface area contributed by atoms with Gasteiger partial charge in [0.1, 0.15) is 11.3 Å². The van der Waals surface area contributed by atoms with Crippen LogP contribution in [-0.2, 0) is 19.4 Å². The summed E-state index contributed by atoms with van der Waals surface area (Å²) in [5, 5.41) is 5.73. The fourth-order valence-corrected chi connectivity index (χ4v) is 5.82. The molecule has 36 heavy (non-hydrogen) atoms. The highest BCUT2D eigenvalue weighted by molar-refractivity contribution is 7.90. The Balaban J connectivity index is 1.47. The molecule has 2 N–H and O–H groups in total. The van der Waals surface area contributed by atoms with Crippen LogP contribution in [0.25, 0.3) is 0 Å². The van der Waals surface area contributed by atoms with Crippen LogP contribution in [0.4, 0.5) is 5.69 Å². The normalized spacial score (nSPS) is 20.0. The number of sulfone groups is 1. The molecule has 1 saturated heterocycles. The number of rotatable bonds is 7. The predicted molar refractivity (Wildman–Crippen MR) is 132 cm³/mol. The third-order valence-electron chi connectivity index (χ3n) is 6.88. The fourth-order valence-electron chi connectivity index (χ4n) is 4.91. The van der Waals surface area contributed by atoms with E-state index < -0.39 is 27.3 Å². The van der Waals surface area contributed by atoms with E-state index in [0.29, 0.717) is 37.2 Å². The summed E-state index contributed by atoms with van der Waals surface area (Å²) < 4.78 is 35.1. The fraction of sp³-hybridized carbons (Fsp3) is 0.480. The van der Waals surface area contributed by atoms with Crippen LogP contribution in [0.1, 0.15) is 49.1 Å². The summed E-state index contributed by atoms with van der Waals surface area (Å²) in [6.45, 7) is 0.322. The number of furan rings is 1. The van der Waals surface area contributed by atoms with E-state index in [1.165, 1.54) is 25.5 Å². The van der Waals surface area contributed by atoms with Crippen LogP contribution < -0.4 is 20.3 Å². The van der Waals surface area contributed by atoms with Crippen molar-refractivity contribution in [3.05, 3.63) is 42.4 Å². The number of Topliss-reactive ketones (excluding diaryl/α,β-unsaturated/α-hetero) is 1. The second-order valence-electron chi connectivity index (χ2n) is 9.38. The quantitative estimate of drug-likeness (QED) is 0.570. The number of methoxy groups -OCH3 is 1. The lowest BCUT2D eigenvalue weighted by Crippen LogP contribution is -2.63. The molecule has 0 bridgehead atoms. The molecule has 0 radical (unpaired) electrons. The SMILES string of the molecule is COc1ccc(N2CCC(NC(=O)C3(NC(=O)c4ccco4)CCCCC3)C(=O)C2)c(S(C)(=O)=O)c1. The molecule has 2 aliphatic rings. The number of amides is 2. The van der Waals surface area contributed by atoms with E-state index in [0.717, 1.165) is 25.5 Å². The van der Waals surface area contributed by atoms with Gasteiger partial charge in [0, 0.05) is 18.9 Å². The Bertz CT molecular complexity index is 1230. The Morgan fingerprint density at radius 1 is 1.17 bits per heavy atom. The summed E-state index contributed by atoms with van der Waals surface area (Å²) in [4.78, 5) is 41.0. The number of piperidine rings is 1. The van der Waals surface area contributed by atoms with E-state index in [1.54, 1.807) is 23.1 Å². The molecule has 2 heterocycles. The summed E-state index contributed by atoms with van der Waals surface area (Å²) in [5.74, 6) is -0.547. The number of ketones is 1. The molecule has 2 amide bonds. The molecule has 194 valence electrons. The van der Waals surface area contributed by atoms with Crippen molar-refractivity contribution in [1.29, 1.82) is 0 Å². The van der Waals surface area contributed by atoms with Gasteiger partial charge in [-0.2, -0.15) is 0 Å². The van der Waals surface area contributed by atoms with E-state index in [-0.39, 0.29) is 28.9 Å². The molecule has 1 aromatic heterocycles. The Morgan fingerprint density at radius 3 is 2.53 bits per heavy atom. The minimum atomic E-state index is -3.57. The number of benzene rings is 1. The number of carbonyl (C=O) groups excluding carboxylic acids is 3. The van der Waals surface area contributed by atoms with Crippen LogP contribution in [0, 0.1) is 0 Å². The molecule has 2 fully saturated rings. The minimum absolute atomic E-state index is 0.0500. The van der Waals surface area contributed by atoms with Crippen molar-refractivity contribution < 1.29 is 32.0 Å². The average Bonchev–Trinajstić information content (AvgIpc) is 3.40. The van der Waals surface area contributed by atoms with Gasteiger partial charge in [-0.3, -0.25) is 14.4 Å². The maximum atomic E-state index is 13.4. The number of nitrogens with zero attached hydrogens (tertiary/aromatic N) is 1. The Hall–Kier alpha value is -3.34. The number of hydrogen-bond donors (Lipinski definition) is 2. The zero-order chi connectivity index (χ0) is 25.9. The molecule has 2 aromatic rings. The molecule has 1 unspecified atom stereocenters. The zero-order valence-corrected chi connectivity index (χ0v) is 21.2. The number of nitrogens with one attached hydrogen (secondary N) is 2. The van der Waals surface area contributed by atoms with E-state index >= 15 is 0 Å². The zero-order valence-electron chi connectivity index (χ0n) is 20.4. The summed E-state index contributed by atoms with van der Waals surface area (Å²) >= 11 is 0. The third-order valence-corrected chi connectivity index (χ3v) is 8.00. The van der Waals surface area contributed by atoms with Crippen molar-refractivity contribution in [1.82, 2.24) is 10.6 Å². The van der Waals surface area contributed by atoms with Gasteiger partial charge in [0.25, 0.3) is 5.91 Å². The van der Waals surface area contributed by atoms with Crippen molar-refractivity contribution in [3.63, 3.8) is 0 Å². The monoisotopic (exact) mass is 517 g/mol. The molecule has 1 atom stereocenters. The van der Waals surface area contributed by atoms with Gasteiger partial charge in [0.2, 0.25) is 5.91 Å². The Morgan fingerprint density at radius 2 is 1.92 bits per heavy atom. The highest BCUT2D eigenvalue weighted by Crippen LogP contribution is 2.32. The van der Waals surface area contributed by atoms with Crippen molar-refractivity contribution in [3.8, 4) is 5.75 Å². The lowest BCUT2D eigenvalue weighted by Gasteiger charge is -2.39. The van der Waals surface area contributed by atoms with Gasteiger partial charge < -0.3 is 24.7 Å². The number of hydrogen-bond acceptors (Lipinski definition) is 8. The topological polar surface area (TPSA) is 135 Å². The maximum absolute atomic E-state index is 13.4. The van der Waals surface area contributed by atoms with Crippen molar-refractivity contribution >= 4 is 33.1 Å². The molecule has 1 aliphatic heterocycles. The van der Waals surface area contributed by atoms with Crippen molar-refractivity contribution in [2.24, 2.45) is 0 Å². The number of carbonyl (C=O) groups is 3. The van der Waals surface area contributed by atoms with Gasteiger partial charge in [-0.25, -0.2) is 8.42 Å². The van der Waals surface area contributed by atoms with Gasteiger partial charge in [0.15, 0.2) is 21.4 Å². The van der Waals surface area contributed by atoms with E-state index in [4.69, 9.17) is 9.15 Å². The third kappa shape index (κ3) is 5.40. The smallest absolute Gasteiger partial charge is 0.287 e. The molecule has 1 aromatic carbocycles. The molecular weight excluding hydrogens is 486 g/mol. The first-order valence-electron chi connectivity index (χ1n) is 12.0. The van der Waals surface area contributed by atoms with Gasteiger partial charge in [-0.05, 0) is 43.5 Å². The second kappa shape index (κ2) is 10.3. The first kappa shape index (κ1) is 25.7. The highest BCUT2D eigenvalue weighted by atomic mass is 32.2. The largest absolute Gasteiger partial charge is 0.497 e. The van der Waals surface area contributed by atoms with Crippen LogP contribution in [0.3, 0.4) is 0 Å². The summed E-state index contributed by atoms with van der Waals surface area (Å²) in [7, 11) is -2.12. The molecule has 0 spiro atoms. The van der Waals surface area contributed by atoms with Gasteiger partial charge in [-0.15, -0.1) is 0 Å². The van der Waals surface area contributed by atoms with Crippen molar-refractivity contribution in [2.45, 2.75) is 55.0 Å². The molecular formula is C25H31N3O7S. The molecule has 1 aliphatic carbocycles. The first-order valence-corrected chi connectivity index (χ1v) is 13.8. The molecule has 4 rings (SSSR count). The minimum Gasteiger partial charge on any atom is -0.497 e. The van der Waals surface area contributed by atoms with Crippen LogP contribution >= 0.6 is 0 Å². The maximum Gasteiger partial charge on any atom is 0.287 e. The van der Waals surface area contributed by atoms with E-state index in [9.17, 15) is 22.8 Å². The van der Waals surface area contributed by atoms with E-state index in [1.807, 2.05) is 0 Å². The molecule has 1 saturated carbocycles. The van der Waals surface area contributed by atoms with Gasteiger partial charge in [-0.1, -0.05) is 19.3 Å². The lowest BCUT2D eigenvalue weighted by molar-refractivity contribution is -0.133. The second-order valence-corrected chi connectivity index (χ2v) is 11.4. The molecule has 10 nitrogen and oxygen atoms in total. The molecule has 11 heteroatoms. The first-order chi connectivity index (χ1) is 17.1. The summed E-state index contributed by atoms with van der Waals surface area (Å²) in [5.41, 5.74) is -0.690. The standard InChI is InChI=1S/C25H31N3O7S/c1-34-17-8-9-19(22(15-17)36(2,32)33)28-13-10-18(20(29)16-28)26-24(31)25(11-4-3-5-12-25)27-23(30)21-7-6-14-35-21/h6-9,14-15,18H,3-5,10-13,16H2,1-2H3,(H,26,31)(H,27,30). The Labute approximate surface area is 210 Å². The van der Waals surface area contributed by atoms with Crippen LogP contribution in [0.2, 0.25) is 0 Å². The van der Waals surface area contributed by atoms with Gasteiger partial charge >= 0.3 is 0 Å². The average molecular weight is 518 g/mol. The van der Waals surface area contributed by atoms with Crippen LogP contribution in [0.5, 0.6) is 5.75 Å². The number of ether oxygens (including phenoxy) is 1. The van der Waals surface area contributed by atoms with Crippen LogP contribution in [0.15, 0.2) is 45.9 Å². The van der Waals surface area contributed by atoms with Crippen LogP contribution in [-0.4, -0.2) is 64.1 Å². The van der Waals surface area contributed by atoms with Gasteiger partial charge in [0.05, 0.1) is 36.5 Å². The van der Waals surface area contributed by atoms with E-state index in [2.05, 4.69) is 10.6 Å².